The number of anilines is 1. The van der Waals surface area contributed by atoms with E-state index in [2.05, 4.69) is 10.6 Å². The molecule has 1 aromatic carbocycles. The van der Waals surface area contributed by atoms with Gasteiger partial charge >= 0.3 is 6.03 Å². The summed E-state index contributed by atoms with van der Waals surface area (Å²) in [7, 11) is 0. The Kier molecular flexibility index (Phi) is 6.18. The third-order valence-electron chi connectivity index (χ3n) is 3.10. The molecular weight excluding hydrogens is 256 g/mol. The van der Waals surface area contributed by atoms with Crippen LogP contribution in [0.15, 0.2) is 18.2 Å². The van der Waals surface area contributed by atoms with Crippen LogP contribution in [0.1, 0.15) is 42.6 Å². The number of aryl methyl sites for hydroxylation is 1. The summed E-state index contributed by atoms with van der Waals surface area (Å²) in [6.45, 7) is 5.66. The van der Waals surface area contributed by atoms with Crippen LogP contribution in [-0.4, -0.2) is 29.6 Å². The minimum absolute atomic E-state index is 0.00653. The summed E-state index contributed by atoms with van der Waals surface area (Å²) >= 11 is 0. The Bertz CT molecular complexity index is 486. The summed E-state index contributed by atoms with van der Waals surface area (Å²) in [4.78, 5) is 23.0. The van der Waals surface area contributed by atoms with E-state index < -0.39 is 0 Å². The first-order valence-corrected chi connectivity index (χ1v) is 6.78. The minimum atomic E-state index is -0.382. The second-order valence-corrected chi connectivity index (χ2v) is 4.82. The highest BCUT2D eigenvalue weighted by atomic mass is 16.3. The van der Waals surface area contributed by atoms with E-state index in [0.29, 0.717) is 30.6 Å². The van der Waals surface area contributed by atoms with Gasteiger partial charge in [0.25, 0.3) is 0 Å². The van der Waals surface area contributed by atoms with Crippen molar-refractivity contribution in [1.82, 2.24) is 5.32 Å². The fraction of sp³-hybridized carbons (Fsp3) is 0.467. The zero-order valence-electron chi connectivity index (χ0n) is 12.2. The maximum atomic E-state index is 11.6. The van der Waals surface area contributed by atoms with Crippen molar-refractivity contribution in [2.24, 2.45) is 0 Å². The van der Waals surface area contributed by atoms with E-state index in [9.17, 15) is 14.7 Å². The van der Waals surface area contributed by atoms with Crippen molar-refractivity contribution in [3.8, 4) is 0 Å². The Morgan fingerprint density at radius 1 is 1.35 bits per heavy atom. The molecule has 0 saturated carbocycles. The molecule has 5 nitrogen and oxygen atoms in total. The van der Waals surface area contributed by atoms with Gasteiger partial charge in [0.05, 0.1) is 6.10 Å². The van der Waals surface area contributed by atoms with Gasteiger partial charge in [-0.25, -0.2) is 4.79 Å². The fourth-order valence-electron chi connectivity index (χ4n) is 1.87. The molecule has 2 amide bonds. The number of aliphatic hydroxyl groups is 1. The smallest absolute Gasteiger partial charge is 0.319 e. The van der Waals surface area contributed by atoms with Crippen molar-refractivity contribution in [3.63, 3.8) is 0 Å². The Hall–Kier alpha value is -1.88. The van der Waals surface area contributed by atoms with E-state index in [1.807, 2.05) is 13.8 Å². The van der Waals surface area contributed by atoms with Crippen LogP contribution in [0.4, 0.5) is 10.5 Å². The second kappa shape index (κ2) is 7.65. The maximum Gasteiger partial charge on any atom is 0.319 e. The Labute approximate surface area is 119 Å². The van der Waals surface area contributed by atoms with Gasteiger partial charge in [-0.15, -0.1) is 0 Å². The first-order chi connectivity index (χ1) is 9.43. The van der Waals surface area contributed by atoms with Gasteiger partial charge in [0, 0.05) is 17.8 Å². The standard InChI is InChI=1S/C15H22N2O3/c1-4-13(19)7-8-16-15(20)17-12-5-6-14(11(3)18)10(2)9-12/h5-6,9,13,19H,4,7-8H2,1-3H3,(H2,16,17,20). The van der Waals surface area contributed by atoms with Gasteiger partial charge < -0.3 is 15.7 Å². The van der Waals surface area contributed by atoms with Crippen molar-refractivity contribution in [3.05, 3.63) is 29.3 Å². The average molecular weight is 278 g/mol. The topological polar surface area (TPSA) is 78.4 Å². The molecule has 0 aromatic heterocycles. The van der Waals surface area contributed by atoms with Crippen molar-refractivity contribution >= 4 is 17.5 Å². The highest BCUT2D eigenvalue weighted by molar-refractivity contribution is 5.96. The van der Waals surface area contributed by atoms with E-state index in [1.165, 1.54) is 6.92 Å². The highest BCUT2D eigenvalue weighted by Crippen LogP contribution is 2.15. The van der Waals surface area contributed by atoms with E-state index in [1.54, 1.807) is 18.2 Å². The highest BCUT2D eigenvalue weighted by Gasteiger charge is 2.07. The molecule has 0 fully saturated rings. The number of Topliss-reactive ketones (excluding diaryl/α,β-unsaturated/α-hetero) is 1. The van der Waals surface area contributed by atoms with Crippen LogP contribution < -0.4 is 10.6 Å². The summed E-state index contributed by atoms with van der Waals surface area (Å²) in [5.41, 5.74) is 2.12. The molecule has 3 N–H and O–H groups in total. The number of benzene rings is 1. The average Bonchev–Trinajstić information content (AvgIpc) is 2.38. The normalized spacial score (nSPS) is 11.8. The summed E-state index contributed by atoms with van der Waals surface area (Å²) in [6, 6.07) is 4.85. The quantitative estimate of drug-likeness (QED) is 0.699. The van der Waals surface area contributed by atoms with E-state index in [-0.39, 0.29) is 17.9 Å². The lowest BCUT2D eigenvalue weighted by Crippen LogP contribution is -2.31. The second-order valence-electron chi connectivity index (χ2n) is 4.82. The lowest BCUT2D eigenvalue weighted by atomic mass is 10.1. The third-order valence-corrected chi connectivity index (χ3v) is 3.10. The molecule has 0 saturated heterocycles. The van der Waals surface area contributed by atoms with Crippen LogP contribution in [-0.2, 0) is 0 Å². The largest absolute Gasteiger partial charge is 0.393 e. The number of aliphatic hydroxyl groups excluding tert-OH is 1. The zero-order valence-corrected chi connectivity index (χ0v) is 12.2. The summed E-state index contributed by atoms with van der Waals surface area (Å²) < 4.78 is 0. The first-order valence-electron chi connectivity index (χ1n) is 6.78. The summed E-state index contributed by atoms with van der Waals surface area (Å²) in [6.07, 6.45) is 0.828. The first kappa shape index (κ1) is 16.2. The van der Waals surface area contributed by atoms with Crippen LogP contribution >= 0.6 is 0 Å². The van der Waals surface area contributed by atoms with Gasteiger partial charge in [0.2, 0.25) is 0 Å². The van der Waals surface area contributed by atoms with Gasteiger partial charge in [-0.1, -0.05) is 6.92 Å². The van der Waals surface area contributed by atoms with Crippen molar-refractivity contribution in [1.29, 1.82) is 0 Å². The molecule has 0 heterocycles. The number of carbonyl (C=O) groups is 2. The molecule has 1 aromatic rings. The molecule has 20 heavy (non-hydrogen) atoms. The molecule has 0 spiro atoms. The molecule has 1 atom stereocenters. The van der Waals surface area contributed by atoms with E-state index >= 15 is 0 Å². The lowest BCUT2D eigenvalue weighted by molar-refractivity contribution is 0.101. The lowest BCUT2D eigenvalue weighted by Gasteiger charge is -2.11. The summed E-state index contributed by atoms with van der Waals surface area (Å²) in [5, 5.41) is 14.7. The third kappa shape index (κ3) is 5.01. The minimum Gasteiger partial charge on any atom is -0.393 e. The molecule has 0 radical (unpaired) electrons. The monoisotopic (exact) mass is 278 g/mol. The number of ketones is 1. The molecule has 1 unspecified atom stereocenters. The molecule has 110 valence electrons. The maximum absolute atomic E-state index is 11.6. The Morgan fingerprint density at radius 2 is 2.05 bits per heavy atom. The zero-order chi connectivity index (χ0) is 15.1. The number of hydrogen-bond acceptors (Lipinski definition) is 3. The van der Waals surface area contributed by atoms with Crippen molar-refractivity contribution < 1.29 is 14.7 Å². The van der Waals surface area contributed by atoms with E-state index in [4.69, 9.17) is 0 Å². The van der Waals surface area contributed by atoms with Crippen LogP contribution in [0.5, 0.6) is 0 Å². The van der Waals surface area contributed by atoms with Gasteiger partial charge in [-0.05, 0) is 50.5 Å². The number of carbonyl (C=O) groups excluding carboxylic acids is 2. The molecule has 0 aliphatic rings. The van der Waals surface area contributed by atoms with Crippen LogP contribution in [0, 0.1) is 6.92 Å². The van der Waals surface area contributed by atoms with Gasteiger partial charge in [-0.2, -0.15) is 0 Å². The predicted molar refractivity (Wildman–Crippen MR) is 79.1 cm³/mol. The number of hydrogen-bond donors (Lipinski definition) is 3. The number of amides is 2. The molecule has 0 aliphatic carbocycles. The van der Waals surface area contributed by atoms with Crippen LogP contribution in [0.2, 0.25) is 0 Å². The molecule has 0 aliphatic heterocycles. The van der Waals surface area contributed by atoms with Crippen LogP contribution in [0.3, 0.4) is 0 Å². The van der Waals surface area contributed by atoms with Crippen molar-refractivity contribution in [2.75, 3.05) is 11.9 Å². The molecule has 0 bridgehead atoms. The fourth-order valence-corrected chi connectivity index (χ4v) is 1.87. The SMILES string of the molecule is CCC(O)CCNC(=O)Nc1ccc(C(C)=O)c(C)c1. The number of urea groups is 1. The Balaban J connectivity index is 2.50. The molecule has 5 heteroatoms. The van der Waals surface area contributed by atoms with E-state index in [0.717, 1.165) is 5.56 Å². The van der Waals surface area contributed by atoms with Crippen molar-refractivity contribution in [2.45, 2.75) is 39.7 Å². The van der Waals surface area contributed by atoms with Crippen LogP contribution in [0.25, 0.3) is 0 Å². The van der Waals surface area contributed by atoms with Gasteiger partial charge in [0.1, 0.15) is 0 Å². The molecule has 1 rings (SSSR count). The van der Waals surface area contributed by atoms with Gasteiger partial charge in [-0.3, -0.25) is 4.79 Å². The number of rotatable bonds is 6. The predicted octanol–water partition coefficient (Wildman–Crippen LogP) is 2.48. The Morgan fingerprint density at radius 3 is 2.60 bits per heavy atom. The molecular formula is C15H22N2O3. The van der Waals surface area contributed by atoms with Gasteiger partial charge in [0.15, 0.2) is 5.78 Å². The summed E-state index contributed by atoms with van der Waals surface area (Å²) in [5.74, 6) is 0.00653. The number of nitrogens with one attached hydrogen (secondary N) is 2.